The Bertz CT molecular complexity index is 1260. The first-order chi connectivity index (χ1) is 16.8. The third-order valence-corrected chi connectivity index (χ3v) is 7.27. The van der Waals surface area contributed by atoms with Crippen LogP contribution in [0.15, 0.2) is 36.4 Å². The van der Waals surface area contributed by atoms with Gasteiger partial charge < -0.3 is 0 Å². The molecule has 0 bridgehead atoms. The highest BCUT2D eigenvalue weighted by Gasteiger charge is 2.44. The molecule has 0 spiro atoms. The molecular weight excluding hydrogens is 452 g/mol. The maximum absolute atomic E-state index is 13.5. The quantitative estimate of drug-likeness (QED) is 0.487. The van der Waals surface area contributed by atoms with Gasteiger partial charge in [0.2, 0.25) is 0 Å². The Morgan fingerprint density at radius 2 is 1.11 bits per heavy atom. The van der Waals surface area contributed by atoms with Gasteiger partial charge in [-0.3, -0.25) is 29.0 Å². The summed E-state index contributed by atoms with van der Waals surface area (Å²) in [4.78, 5) is 56.0. The molecule has 0 saturated heterocycles. The van der Waals surface area contributed by atoms with E-state index in [1.54, 1.807) is 18.2 Å². The first kappa shape index (κ1) is 25.8. The molecule has 36 heavy (non-hydrogen) atoms. The van der Waals surface area contributed by atoms with Crippen molar-refractivity contribution in [1.29, 1.82) is 0 Å². The van der Waals surface area contributed by atoms with Gasteiger partial charge in [-0.25, -0.2) is 0 Å². The van der Waals surface area contributed by atoms with Crippen LogP contribution in [0.5, 0.6) is 0 Å². The summed E-state index contributed by atoms with van der Waals surface area (Å²) >= 11 is 0. The SMILES string of the molecule is CCCCC(CN1C(=O)c2ccc(C(C)(C)C)cc2C1=O)N1C(=O)c2ccc(C(C)(C)C)cc2C1=O. The predicted octanol–water partition coefficient (Wildman–Crippen LogP) is 5.73. The van der Waals surface area contributed by atoms with Crippen molar-refractivity contribution in [2.45, 2.75) is 84.6 Å². The second kappa shape index (κ2) is 8.99. The summed E-state index contributed by atoms with van der Waals surface area (Å²) in [7, 11) is 0. The van der Waals surface area contributed by atoms with Gasteiger partial charge in [-0.2, -0.15) is 0 Å². The van der Waals surface area contributed by atoms with E-state index < -0.39 is 6.04 Å². The van der Waals surface area contributed by atoms with Crippen LogP contribution in [0.25, 0.3) is 0 Å². The van der Waals surface area contributed by atoms with Crippen LogP contribution in [-0.2, 0) is 10.8 Å². The molecule has 2 aromatic carbocycles. The number of benzene rings is 2. The summed E-state index contributed by atoms with van der Waals surface area (Å²) in [5, 5.41) is 0. The number of fused-ring (bicyclic) bond motifs is 2. The number of nitrogens with zero attached hydrogens (tertiary/aromatic N) is 2. The number of rotatable bonds is 6. The lowest BCUT2D eigenvalue weighted by Gasteiger charge is -2.29. The van der Waals surface area contributed by atoms with Gasteiger partial charge in [0.25, 0.3) is 23.6 Å². The topological polar surface area (TPSA) is 74.8 Å². The van der Waals surface area contributed by atoms with Gasteiger partial charge in [0, 0.05) is 0 Å². The van der Waals surface area contributed by atoms with Gasteiger partial charge in [-0.05, 0) is 52.6 Å². The zero-order valence-electron chi connectivity index (χ0n) is 22.4. The maximum atomic E-state index is 13.5. The monoisotopic (exact) mass is 488 g/mol. The van der Waals surface area contributed by atoms with E-state index in [0.717, 1.165) is 24.0 Å². The molecule has 0 fully saturated rings. The van der Waals surface area contributed by atoms with E-state index in [9.17, 15) is 19.2 Å². The van der Waals surface area contributed by atoms with Crippen molar-refractivity contribution in [1.82, 2.24) is 9.80 Å². The maximum Gasteiger partial charge on any atom is 0.261 e. The number of carbonyl (C=O) groups is 4. The number of amides is 4. The normalized spacial score (nSPS) is 16.6. The molecule has 190 valence electrons. The fourth-order valence-electron chi connectivity index (χ4n) is 4.93. The van der Waals surface area contributed by atoms with Crippen molar-refractivity contribution in [2.75, 3.05) is 6.54 Å². The van der Waals surface area contributed by atoms with Crippen molar-refractivity contribution in [3.05, 3.63) is 69.8 Å². The first-order valence-electron chi connectivity index (χ1n) is 12.8. The molecule has 1 unspecified atom stereocenters. The van der Waals surface area contributed by atoms with Gasteiger partial charge in [-0.15, -0.1) is 0 Å². The van der Waals surface area contributed by atoms with Crippen LogP contribution in [0.1, 0.15) is 120 Å². The molecule has 2 aliphatic heterocycles. The van der Waals surface area contributed by atoms with Gasteiger partial charge in [-0.1, -0.05) is 73.4 Å². The van der Waals surface area contributed by atoms with E-state index in [1.807, 2.05) is 25.1 Å². The molecule has 4 rings (SSSR count). The Balaban J connectivity index is 1.65. The Morgan fingerprint density at radius 1 is 0.667 bits per heavy atom. The summed E-state index contributed by atoms with van der Waals surface area (Å²) in [5.41, 5.74) is 3.16. The van der Waals surface area contributed by atoms with Crippen molar-refractivity contribution in [2.24, 2.45) is 0 Å². The molecule has 2 heterocycles. The van der Waals surface area contributed by atoms with Crippen LogP contribution in [-0.4, -0.2) is 46.0 Å². The van der Waals surface area contributed by atoms with Gasteiger partial charge in [0.15, 0.2) is 0 Å². The fraction of sp³-hybridized carbons (Fsp3) is 0.467. The van der Waals surface area contributed by atoms with Crippen LogP contribution in [0.4, 0.5) is 0 Å². The van der Waals surface area contributed by atoms with E-state index in [2.05, 4.69) is 41.5 Å². The highest BCUT2D eigenvalue weighted by atomic mass is 16.2. The molecular formula is C30H36N2O4. The summed E-state index contributed by atoms with van der Waals surface area (Å²) in [6.07, 6.45) is 2.16. The van der Waals surface area contributed by atoms with E-state index in [0.29, 0.717) is 28.7 Å². The average molecular weight is 489 g/mol. The van der Waals surface area contributed by atoms with Crippen molar-refractivity contribution < 1.29 is 19.2 Å². The van der Waals surface area contributed by atoms with Crippen LogP contribution >= 0.6 is 0 Å². The van der Waals surface area contributed by atoms with E-state index in [1.165, 1.54) is 9.80 Å². The minimum atomic E-state index is -0.584. The Kier molecular flexibility index (Phi) is 6.44. The lowest BCUT2D eigenvalue weighted by molar-refractivity contribution is 0.0466. The fourth-order valence-corrected chi connectivity index (χ4v) is 4.93. The Labute approximate surface area is 213 Å². The second-order valence-electron chi connectivity index (χ2n) is 12.0. The lowest BCUT2D eigenvalue weighted by atomic mass is 9.85. The molecule has 0 aromatic heterocycles. The summed E-state index contributed by atoms with van der Waals surface area (Å²) < 4.78 is 0. The Morgan fingerprint density at radius 3 is 1.61 bits per heavy atom. The molecule has 0 aliphatic carbocycles. The minimum Gasteiger partial charge on any atom is -0.272 e. The van der Waals surface area contributed by atoms with Crippen LogP contribution in [0.2, 0.25) is 0 Å². The largest absolute Gasteiger partial charge is 0.272 e. The molecule has 0 saturated carbocycles. The van der Waals surface area contributed by atoms with Crippen molar-refractivity contribution in [3.63, 3.8) is 0 Å². The summed E-state index contributed by atoms with van der Waals surface area (Å²) in [6, 6.07) is 10.2. The molecule has 0 N–H and O–H groups in total. The molecule has 2 aromatic rings. The van der Waals surface area contributed by atoms with E-state index in [4.69, 9.17) is 0 Å². The van der Waals surface area contributed by atoms with Crippen molar-refractivity contribution in [3.8, 4) is 0 Å². The second-order valence-corrected chi connectivity index (χ2v) is 12.0. The van der Waals surface area contributed by atoms with E-state index in [-0.39, 0.29) is 41.0 Å². The molecule has 6 heteroatoms. The first-order valence-corrected chi connectivity index (χ1v) is 12.8. The predicted molar refractivity (Wildman–Crippen MR) is 139 cm³/mol. The van der Waals surface area contributed by atoms with E-state index >= 15 is 0 Å². The van der Waals surface area contributed by atoms with Crippen LogP contribution in [0.3, 0.4) is 0 Å². The van der Waals surface area contributed by atoms with Gasteiger partial charge in [0.1, 0.15) is 0 Å². The minimum absolute atomic E-state index is 0.00516. The number of hydrogen-bond donors (Lipinski definition) is 0. The van der Waals surface area contributed by atoms with Crippen molar-refractivity contribution >= 4 is 23.6 Å². The Hall–Kier alpha value is -3.28. The van der Waals surface area contributed by atoms with Gasteiger partial charge >= 0.3 is 0 Å². The zero-order valence-corrected chi connectivity index (χ0v) is 22.4. The van der Waals surface area contributed by atoms with Crippen LogP contribution < -0.4 is 0 Å². The number of imide groups is 2. The molecule has 0 radical (unpaired) electrons. The highest BCUT2D eigenvalue weighted by Crippen LogP contribution is 2.33. The zero-order chi connectivity index (χ0) is 26.6. The standard InChI is InChI=1S/C30H36N2O4/c1-8-9-10-20(32-27(35)22-14-12-19(30(5,6)7)16-24(22)28(32)36)17-31-25(33)21-13-11-18(29(2,3)4)15-23(21)26(31)34/h11-16,20H,8-10,17H2,1-7H3. The summed E-state index contributed by atoms with van der Waals surface area (Å²) in [6.45, 7) is 14.4. The molecule has 6 nitrogen and oxygen atoms in total. The number of unbranched alkanes of at least 4 members (excludes halogenated alkanes) is 1. The lowest BCUT2D eigenvalue weighted by Crippen LogP contribution is -2.48. The molecule has 4 amide bonds. The summed E-state index contributed by atoms with van der Waals surface area (Å²) in [5.74, 6) is -1.45. The average Bonchev–Trinajstić information content (AvgIpc) is 3.19. The number of carbonyl (C=O) groups excluding carboxylic acids is 4. The van der Waals surface area contributed by atoms with Crippen LogP contribution in [0, 0.1) is 0 Å². The molecule has 1 atom stereocenters. The third kappa shape index (κ3) is 4.38. The number of hydrogen-bond acceptors (Lipinski definition) is 4. The third-order valence-electron chi connectivity index (χ3n) is 7.27. The smallest absolute Gasteiger partial charge is 0.261 e. The highest BCUT2D eigenvalue weighted by molar-refractivity contribution is 6.23. The molecule has 2 aliphatic rings. The van der Waals surface area contributed by atoms with Gasteiger partial charge in [0.05, 0.1) is 34.8 Å².